The van der Waals surface area contributed by atoms with Crippen molar-refractivity contribution < 1.29 is 4.79 Å². The van der Waals surface area contributed by atoms with Gasteiger partial charge in [0.05, 0.1) is 5.02 Å². The number of rotatable bonds is 2. The van der Waals surface area contributed by atoms with E-state index in [1.165, 1.54) is 6.04 Å². The first-order valence-corrected chi connectivity index (χ1v) is 11.3. The van der Waals surface area contributed by atoms with E-state index in [1.54, 1.807) is 18.2 Å². The van der Waals surface area contributed by atoms with Crippen LogP contribution in [0.25, 0.3) is 10.9 Å². The van der Waals surface area contributed by atoms with Gasteiger partial charge in [0, 0.05) is 30.0 Å². The molecule has 0 radical (unpaired) electrons. The van der Waals surface area contributed by atoms with Gasteiger partial charge in [0.15, 0.2) is 0 Å². The second-order valence-electron chi connectivity index (χ2n) is 6.61. The van der Waals surface area contributed by atoms with E-state index >= 15 is 0 Å². The lowest BCUT2D eigenvalue weighted by Gasteiger charge is -2.15. The van der Waals surface area contributed by atoms with Crippen LogP contribution in [0.15, 0.2) is 18.2 Å². The Balaban J connectivity index is 1.81. The van der Waals surface area contributed by atoms with Crippen molar-refractivity contribution in [3.8, 4) is 0 Å². The zero-order chi connectivity index (χ0) is 15.2. The van der Waals surface area contributed by atoms with Crippen molar-refractivity contribution in [3.05, 3.63) is 33.9 Å². The number of aromatic amines is 1. The van der Waals surface area contributed by atoms with Gasteiger partial charge in [-0.1, -0.05) is 42.3 Å². The van der Waals surface area contributed by atoms with Crippen molar-refractivity contribution in [2.45, 2.75) is 37.6 Å². The molecule has 1 aliphatic heterocycles. The van der Waals surface area contributed by atoms with Crippen molar-refractivity contribution >= 4 is 48.1 Å². The lowest BCUT2D eigenvalue weighted by atomic mass is 10.2. The molecule has 0 saturated carbocycles. The highest BCUT2D eigenvalue weighted by Crippen LogP contribution is 2.31. The summed E-state index contributed by atoms with van der Waals surface area (Å²) in [7, 11) is -1.08. The van der Waals surface area contributed by atoms with Gasteiger partial charge in [0.1, 0.15) is 5.69 Å². The predicted octanol–water partition coefficient (Wildman–Crippen LogP) is 4.69. The molecule has 2 aromatic rings. The van der Waals surface area contributed by atoms with Gasteiger partial charge in [0.2, 0.25) is 0 Å². The molecule has 2 heterocycles. The lowest BCUT2D eigenvalue weighted by Crippen LogP contribution is -2.34. The van der Waals surface area contributed by atoms with Gasteiger partial charge >= 0.3 is 0 Å². The number of benzene rings is 1. The Labute approximate surface area is 135 Å². The maximum Gasteiger partial charge on any atom is 0.267 e. The highest BCUT2D eigenvalue weighted by Gasteiger charge is 2.33. The molecule has 1 atom stereocenters. The van der Waals surface area contributed by atoms with Crippen molar-refractivity contribution in [2.75, 3.05) is 0 Å². The van der Waals surface area contributed by atoms with Crippen LogP contribution >= 0.6 is 23.2 Å². The number of nitrogens with one attached hydrogen (secondary N) is 2. The summed E-state index contributed by atoms with van der Waals surface area (Å²) >= 11 is 12.1. The van der Waals surface area contributed by atoms with Gasteiger partial charge in [-0.25, -0.2) is 0 Å². The van der Waals surface area contributed by atoms with Gasteiger partial charge < -0.3 is 10.3 Å². The van der Waals surface area contributed by atoms with Crippen LogP contribution in [0.3, 0.4) is 0 Å². The Kier molecular flexibility index (Phi) is 3.80. The average Bonchev–Trinajstić information content (AvgIpc) is 2.93. The molecule has 3 nitrogen and oxygen atoms in total. The second-order valence-corrected chi connectivity index (χ2v) is 12.7. The third kappa shape index (κ3) is 3.12. The molecule has 0 spiro atoms. The number of carbonyl (C=O) groups excluding carboxylic acids is 1. The number of fused-ring (bicyclic) bond motifs is 1. The summed E-state index contributed by atoms with van der Waals surface area (Å²) in [6.07, 6.45) is 1.10. The standard InChI is InChI=1S/C15H18Cl2N2OSi/c1-21(2)4-3-10(8-21)18-15(20)14-7-11-12(17)5-9(16)6-13(11)19-14/h5-7,10,19H,3-4,8H2,1-2H3,(H,18,20)/t10-/m1/s1. The Morgan fingerprint density at radius 1 is 1.33 bits per heavy atom. The normalized spacial score (nSPS) is 20.9. The van der Waals surface area contributed by atoms with Gasteiger partial charge in [-0.05, 0) is 30.7 Å². The summed E-state index contributed by atoms with van der Waals surface area (Å²) in [4.78, 5) is 15.5. The quantitative estimate of drug-likeness (QED) is 0.765. The molecule has 0 unspecified atom stereocenters. The number of carbonyl (C=O) groups is 1. The van der Waals surface area contributed by atoms with Crippen LogP contribution in [0.4, 0.5) is 0 Å². The van der Waals surface area contributed by atoms with Crippen LogP contribution in [-0.2, 0) is 0 Å². The van der Waals surface area contributed by atoms with Crippen molar-refractivity contribution in [1.29, 1.82) is 0 Å². The van der Waals surface area contributed by atoms with Crippen LogP contribution in [-0.4, -0.2) is 25.0 Å². The summed E-state index contributed by atoms with van der Waals surface area (Å²) in [6.45, 7) is 4.76. The predicted molar refractivity (Wildman–Crippen MR) is 91.3 cm³/mol. The van der Waals surface area contributed by atoms with Crippen LogP contribution in [0.2, 0.25) is 35.2 Å². The Bertz CT molecular complexity index is 711. The van der Waals surface area contributed by atoms with E-state index < -0.39 is 8.07 Å². The van der Waals surface area contributed by atoms with E-state index in [0.717, 1.165) is 23.4 Å². The van der Waals surface area contributed by atoms with E-state index in [9.17, 15) is 4.79 Å². The Morgan fingerprint density at radius 3 is 2.76 bits per heavy atom. The molecule has 1 amide bonds. The Hall–Kier alpha value is -0.973. The van der Waals surface area contributed by atoms with Crippen molar-refractivity contribution in [3.63, 3.8) is 0 Å². The molecule has 1 aliphatic rings. The number of hydrogen-bond donors (Lipinski definition) is 2. The third-order valence-electron chi connectivity index (χ3n) is 4.20. The zero-order valence-corrected chi connectivity index (χ0v) is 14.6. The van der Waals surface area contributed by atoms with E-state index in [2.05, 4.69) is 23.4 Å². The first-order chi connectivity index (χ1) is 9.84. The number of amides is 1. The minimum atomic E-state index is -1.08. The minimum absolute atomic E-state index is 0.0601. The lowest BCUT2D eigenvalue weighted by molar-refractivity contribution is 0.0936. The van der Waals surface area contributed by atoms with E-state index in [1.807, 2.05) is 0 Å². The molecule has 0 aliphatic carbocycles. The summed E-state index contributed by atoms with van der Waals surface area (Å²) < 4.78 is 0. The van der Waals surface area contributed by atoms with Crippen molar-refractivity contribution in [2.24, 2.45) is 0 Å². The molecular formula is C15H18Cl2N2OSi. The molecule has 1 fully saturated rings. The van der Waals surface area contributed by atoms with E-state index in [4.69, 9.17) is 23.2 Å². The SMILES string of the molecule is C[Si]1(C)CC[C@@H](NC(=O)c2cc3c(Cl)cc(Cl)cc3[nH]2)C1. The summed E-state index contributed by atoms with van der Waals surface area (Å²) in [6, 6.07) is 8.01. The van der Waals surface area contributed by atoms with Crippen LogP contribution in [0.1, 0.15) is 16.9 Å². The highest BCUT2D eigenvalue weighted by atomic mass is 35.5. The third-order valence-corrected chi connectivity index (χ3v) is 7.97. The molecule has 2 N–H and O–H groups in total. The summed E-state index contributed by atoms with van der Waals surface area (Å²) in [5.41, 5.74) is 1.33. The average molecular weight is 341 g/mol. The maximum atomic E-state index is 12.4. The fraction of sp³-hybridized carbons (Fsp3) is 0.400. The zero-order valence-electron chi connectivity index (χ0n) is 12.1. The van der Waals surface area contributed by atoms with Crippen LogP contribution < -0.4 is 5.32 Å². The van der Waals surface area contributed by atoms with Gasteiger partial charge in [-0.2, -0.15) is 0 Å². The molecular weight excluding hydrogens is 323 g/mol. The number of halogens is 2. The largest absolute Gasteiger partial charge is 0.350 e. The fourth-order valence-electron chi connectivity index (χ4n) is 3.11. The summed E-state index contributed by atoms with van der Waals surface area (Å²) in [5.74, 6) is -0.0601. The monoisotopic (exact) mass is 340 g/mol. The first kappa shape index (κ1) is 14.9. The fourth-order valence-corrected chi connectivity index (χ4v) is 6.63. The number of aromatic nitrogens is 1. The topological polar surface area (TPSA) is 44.9 Å². The van der Waals surface area contributed by atoms with Crippen molar-refractivity contribution in [1.82, 2.24) is 10.3 Å². The number of H-pyrrole nitrogens is 1. The number of hydrogen-bond acceptors (Lipinski definition) is 1. The van der Waals surface area contributed by atoms with Gasteiger partial charge in [-0.3, -0.25) is 4.79 Å². The first-order valence-electron chi connectivity index (χ1n) is 7.13. The van der Waals surface area contributed by atoms with E-state index in [0.29, 0.717) is 21.8 Å². The molecule has 21 heavy (non-hydrogen) atoms. The van der Waals surface area contributed by atoms with Gasteiger partial charge in [0.25, 0.3) is 5.91 Å². The second kappa shape index (κ2) is 5.34. The molecule has 6 heteroatoms. The van der Waals surface area contributed by atoms with E-state index in [-0.39, 0.29) is 5.91 Å². The molecule has 1 aromatic carbocycles. The molecule has 0 bridgehead atoms. The minimum Gasteiger partial charge on any atom is -0.350 e. The van der Waals surface area contributed by atoms with Gasteiger partial charge in [-0.15, -0.1) is 0 Å². The molecule has 3 rings (SSSR count). The van der Waals surface area contributed by atoms with Crippen LogP contribution in [0.5, 0.6) is 0 Å². The molecule has 1 aromatic heterocycles. The maximum absolute atomic E-state index is 12.4. The smallest absolute Gasteiger partial charge is 0.267 e. The Morgan fingerprint density at radius 2 is 2.10 bits per heavy atom. The molecule has 112 valence electrons. The van der Waals surface area contributed by atoms with Crippen LogP contribution in [0, 0.1) is 0 Å². The summed E-state index contributed by atoms with van der Waals surface area (Å²) in [5, 5.41) is 5.08. The molecule has 1 saturated heterocycles. The highest BCUT2D eigenvalue weighted by molar-refractivity contribution is 6.78.